The van der Waals surface area contributed by atoms with Crippen LogP contribution in [-0.2, 0) is 0 Å². The summed E-state index contributed by atoms with van der Waals surface area (Å²) in [6.07, 6.45) is 5.71. The second-order valence-corrected chi connectivity index (χ2v) is 5.25. The van der Waals surface area contributed by atoms with E-state index >= 15 is 0 Å². The molecule has 2 heterocycles. The molecule has 1 saturated heterocycles. The highest BCUT2D eigenvalue weighted by molar-refractivity contribution is 7.10. The number of hydrogen-bond acceptors (Lipinski definition) is 3. The van der Waals surface area contributed by atoms with Gasteiger partial charge in [-0.25, -0.2) is 0 Å². The maximum absolute atomic E-state index is 10.0. The molecule has 1 fully saturated rings. The molecule has 84 valence electrons. The Morgan fingerprint density at radius 2 is 2.40 bits per heavy atom. The maximum atomic E-state index is 10.0. The molecule has 0 aromatic carbocycles. The fourth-order valence-corrected chi connectivity index (χ4v) is 2.89. The van der Waals surface area contributed by atoms with Crippen LogP contribution in [0.1, 0.15) is 43.1 Å². The molecule has 0 spiro atoms. The van der Waals surface area contributed by atoms with Crippen molar-refractivity contribution < 1.29 is 5.11 Å². The Kier molecular flexibility index (Phi) is 4.18. The molecule has 1 aliphatic rings. The summed E-state index contributed by atoms with van der Waals surface area (Å²) in [5.74, 6) is 0. The average Bonchev–Trinajstić information content (AvgIpc) is 2.65. The molecule has 0 saturated carbocycles. The summed E-state index contributed by atoms with van der Waals surface area (Å²) in [7, 11) is 0. The fraction of sp³-hybridized carbons (Fsp3) is 0.667. The summed E-state index contributed by atoms with van der Waals surface area (Å²) in [4.78, 5) is 1.10. The monoisotopic (exact) mass is 225 g/mol. The molecule has 0 unspecified atom stereocenters. The second-order valence-electron chi connectivity index (χ2n) is 4.27. The minimum atomic E-state index is -0.277. The van der Waals surface area contributed by atoms with Gasteiger partial charge in [0, 0.05) is 10.9 Å². The maximum Gasteiger partial charge on any atom is 0.0896 e. The summed E-state index contributed by atoms with van der Waals surface area (Å²) in [5, 5.41) is 15.6. The molecular weight excluding hydrogens is 206 g/mol. The number of hydrogen-bond donors (Lipinski definition) is 2. The van der Waals surface area contributed by atoms with Crippen LogP contribution in [-0.4, -0.2) is 17.7 Å². The van der Waals surface area contributed by atoms with Crippen LogP contribution in [0.3, 0.4) is 0 Å². The molecule has 2 nitrogen and oxygen atoms in total. The normalized spacial score (nSPS) is 24.7. The number of nitrogens with one attached hydrogen (secondary N) is 1. The minimum absolute atomic E-state index is 0.277. The topological polar surface area (TPSA) is 32.3 Å². The summed E-state index contributed by atoms with van der Waals surface area (Å²) < 4.78 is 0. The van der Waals surface area contributed by atoms with E-state index in [9.17, 15) is 5.11 Å². The Morgan fingerprint density at radius 1 is 1.47 bits per heavy atom. The zero-order chi connectivity index (χ0) is 10.5. The van der Waals surface area contributed by atoms with Gasteiger partial charge in [0.15, 0.2) is 0 Å². The van der Waals surface area contributed by atoms with Gasteiger partial charge in [-0.3, -0.25) is 0 Å². The van der Waals surface area contributed by atoms with Crippen molar-refractivity contribution in [1.82, 2.24) is 5.32 Å². The van der Waals surface area contributed by atoms with Crippen molar-refractivity contribution in [2.45, 2.75) is 44.2 Å². The van der Waals surface area contributed by atoms with Crippen molar-refractivity contribution in [3.63, 3.8) is 0 Å². The summed E-state index contributed by atoms with van der Waals surface area (Å²) >= 11 is 1.65. The van der Waals surface area contributed by atoms with E-state index in [0.717, 1.165) is 17.8 Å². The largest absolute Gasteiger partial charge is 0.388 e. The molecule has 2 atom stereocenters. The van der Waals surface area contributed by atoms with Crippen molar-refractivity contribution in [2.75, 3.05) is 6.54 Å². The number of aliphatic hydroxyl groups excluding tert-OH is 1. The van der Waals surface area contributed by atoms with Crippen molar-refractivity contribution >= 4 is 11.3 Å². The van der Waals surface area contributed by atoms with Crippen LogP contribution >= 0.6 is 11.3 Å². The first-order valence-electron chi connectivity index (χ1n) is 5.81. The van der Waals surface area contributed by atoms with Crippen LogP contribution in [0.4, 0.5) is 0 Å². The first kappa shape index (κ1) is 11.1. The molecule has 0 bridgehead atoms. The standard InChI is InChI=1S/C12H19NOS/c14-11(12-6-4-8-15-12)9-10-5-2-1-3-7-13-10/h4,6,8,10-11,13-14H,1-3,5,7,9H2/t10-,11+/m0/s1. The Bertz CT molecular complexity index is 265. The molecule has 3 heteroatoms. The van der Waals surface area contributed by atoms with Crippen LogP contribution < -0.4 is 5.32 Å². The van der Waals surface area contributed by atoms with E-state index in [-0.39, 0.29) is 6.10 Å². The lowest BCUT2D eigenvalue weighted by Gasteiger charge is -2.18. The zero-order valence-corrected chi connectivity index (χ0v) is 9.80. The molecule has 2 N–H and O–H groups in total. The van der Waals surface area contributed by atoms with Crippen LogP contribution in [0.25, 0.3) is 0 Å². The third-order valence-corrected chi connectivity index (χ3v) is 4.02. The van der Waals surface area contributed by atoms with Gasteiger partial charge in [-0.2, -0.15) is 0 Å². The van der Waals surface area contributed by atoms with Crippen molar-refractivity contribution in [3.05, 3.63) is 22.4 Å². The Labute approximate surface area is 95.3 Å². The lowest BCUT2D eigenvalue weighted by Crippen LogP contribution is -2.29. The highest BCUT2D eigenvalue weighted by atomic mass is 32.1. The average molecular weight is 225 g/mol. The van der Waals surface area contributed by atoms with Crippen LogP contribution in [0.5, 0.6) is 0 Å². The van der Waals surface area contributed by atoms with E-state index in [4.69, 9.17) is 0 Å². The highest BCUT2D eigenvalue weighted by Crippen LogP contribution is 2.25. The highest BCUT2D eigenvalue weighted by Gasteiger charge is 2.17. The van der Waals surface area contributed by atoms with Gasteiger partial charge in [0.2, 0.25) is 0 Å². The van der Waals surface area contributed by atoms with E-state index in [1.54, 1.807) is 11.3 Å². The third kappa shape index (κ3) is 3.30. The van der Waals surface area contributed by atoms with Crippen molar-refractivity contribution in [1.29, 1.82) is 0 Å². The predicted molar refractivity (Wildman–Crippen MR) is 64.2 cm³/mol. The molecule has 1 aliphatic heterocycles. The quantitative estimate of drug-likeness (QED) is 0.829. The lowest BCUT2D eigenvalue weighted by atomic mass is 10.0. The molecule has 0 radical (unpaired) electrons. The second kappa shape index (κ2) is 5.64. The number of aliphatic hydroxyl groups is 1. The smallest absolute Gasteiger partial charge is 0.0896 e. The van der Waals surface area contributed by atoms with Crippen LogP contribution in [0.2, 0.25) is 0 Å². The summed E-state index contributed by atoms with van der Waals surface area (Å²) in [6.45, 7) is 1.11. The molecular formula is C12H19NOS. The van der Waals surface area contributed by atoms with Gasteiger partial charge in [-0.1, -0.05) is 18.9 Å². The van der Waals surface area contributed by atoms with Gasteiger partial charge in [0.05, 0.1) is 6.10 Å². The van der Waals surface area contributed by atoms with Gasteiger partial charge < -0.3 is 10.4 Å². The van der Waals surface area contributed by atoms with Crippen molar-refractivity contribution in [3.8, 4) is 0 Å². The van der Waals surface area contributed by atoms with Crippen molar-refractivity contribution in [2.24, 2.45) is 0 Å². The van der Waals surface area contributed by atoms with Gasteiger partial charge in [0.25, 0.3) is 0 Å². The third-order valence-electron chi connectivity index (χ3n) is 3.04. The van der Waals surface area contributed by atoms with E-state index in [1.165, 1.54) is 25.7 Å². The summed E-state index contributed by atoms with van der Waals surface area (Å²) in [6, 6.07) is 4.53. The van der Waals surface area contributed by atoms with Crippen LogP contribution in [0.15, 0.2) is 17.5 Å². The van der Waals surface area contributed by atoms with Gasteiger partial charge in [-0.05, 0) is 37.3 Å². The Morgan fingerprint density at radius 3 is 3.20 bits per heavy atom. The Hall–Kier alpha value is -0.380. The first-order chi connectivity index (χ1) is 7.36. The first-order valence-corrected chi connectivity index (χ1v) is 6.69. The SMILES string of the molecule is O[C@H](C[C@@H]1CCCCCN1)c1cccs1. The van der Waals surface area contributed by atoms with Gasteiger partial charge in [0.1, 0.15) is 0 Å². The van der Waals surface area contributed by atoms with E-state index in [0.29, 0.717) is 6.04 Å². The van der Waals surface area contributed by atoms with E-state index in [1.807, 2.05) is 17.5 Å². The molecule has 1 aromatic rings. The molecule has 1 aromatic heterocycles. The Balaban J connectivity index is 1.84. The van der Waals surface area contributed by atoms with Gasteiger partial charge in [-0.15, -0.1) is 11.3 Å². The van der Waals surface area contributed by atoms with Crippen LogP contribution in [0, 0.1) is 0 Å². The fourth-order valence-electron chi connectivity index (χ4n) is 2.17. The molecule has 2 rings (SSSR count). The zero-order valence-electron chi connectivity index (χ0n) is 8.98. The van der Waals surface area contributed by atoms with E-state index < -0.39 is 0 Å². The molecule has 0 amide bonds. The number of rotatable bonds is 3. The predicted octanol–water partition coefficient (Wildman–Crippen LogP) is 2.70. The van der Waals surface area contributed by atoms with E-state index in [2.05, 4.69) is 5.32 Å². The minimum Gasteiger partial charge on any atom is -0.388 e. The lowest BCUT2D eigenvalue weighted by molar-refractivity contribution is 0.154. The summed E-state index contributed by atoms with van der Waals surface area (Å²) in [5.41, 5.74) is 0. The molecule has 15 heavy (non-hydrogen) atoms. The molecule has 0 aliphatic carbocycles. The van der Waals surface area contributed by atoms with Gasteiger partial charge >= 0.3 is 0 Å². The number of thiophene rings is 1.